The first kappa shape index (κ1) is 19.0. The van der Waals surface area contributed by atoms with Gasteiger partial charge in [-0.05, 0) is 24.6 Å². The molecule has 0 bridgehead atoms. The quantitative estimate of drug-likeness (QED) is 0.783. The summed E-state index contributed by atoms with van der Waals surface area (Å²) in [5.41, 5.74) is 2.56. The highest BCUT2D eigenvalue weighted by Crippen LogP contribution is 2.36. The molecule has 0 aliphatic carbocycles. The lowest BCUT2D eigenvalue weighted by Crippen LogP contribution is -2.34. The van der Waals surface area contributed by atoms with E-state index in [1.807, 2.05) is 31.2 Å². The number of nitrogens with one attached hydrogen (secondary N) is 1. The third-order valence-electron chi connectivity index (χ3n) is 4.16. The van der Waals surface area contributed by atoms with E-state index in [9.17, 15) is 13.2 Å². The lowest BCUT2D eigenvalue weighted by Gasteiger charge is -2.22. The molecule has 3 rings (SSSR count). The molecule has 2 aromatic carbocycles. The van der Waals surface area contributed by atoms with Gasteiger partial charge in [-0.1, -0.05) is 29.8 Å². The van der Waals surface area contributed by atoms with Crippen molar-refractivity contribution in [1.29, 1.82) is 0 Å². The third kappa shape index (κ3) is 4.91. The molecule has 1 N–H and O–H groups in total. The topological polar surface area (TPSA) is 84.9 Å². The zero-order valence-corrected chi connectivity index (χ0v) is 16.1. The molecule has 0 saturated heterocycles. The van der Waals surface area contributed by atoms with Gasteiger partial charge in [0, 0.05) is 25.6 Å². The number of sulfonamides is 1. The predicted molar refractivity (Wildman–Crippen MR) is 102 cm³/mol. The standard InChI is InChI=1S/C19H22N2O5S/c1-14-4-3-5-15(10-14)12-20-19(22)8-9-21(27(2,23)24)16-6-7-17-18(11-16)26-13-25-17/h3-7,10-11H,8-9,12-13H2,1-2H3,(H,20,22). The van der Waals surface area contributed by atoms with Crippen LogP contribution >= 0.6 is 0 Å². The van der Waals surface area contributed by atoms with Crippen molar-refractivity contribution < 1.29 is 22.7 Å². The van der Waals surface area contributed by atoms with Crippen molar-refractivity contribution in [3.8, 4) is 11.5 Å². The fraction of sp³-hybridized carbons (Fsp3) is 0.316. The van der Waals surface area contributed by atoms with Crippen molar-refractivity contribution in [2.75, 3.05) is 23.9 Å². The summed E-state index contributed by atoms with van der Waals surface area (Å²) in [5, 5.41) is 2.82. The Labute approximate surface area is 158 Å². The number of rotatable bonds is 7. The van der Waals surface area contributed by atoms with E-state index in [2.05, 4.69) is 5.32 Å². The molecule has 1 amide bonds. The van der Waals surface area contributed by atoms with E-state index in [0.29, 0.717) is 23.7 Å². The molecule has 27 heavy (non-hydrogen) atoms. The number of benzene rings is 2. The van der Waals surface area contributed by atoms with Gasteiger partial charge in [-0.3, -0.25) is 9.10 Å². The van der Waals surface area contributed by atoms with Crippen LogP contribution in [0, 0.1) is 6.92 Å². The van der Waals surface area contributed by atoms with Gasteiger partial charge in [-0.25, -0.2) is 8.42 Å². The van der Waals surface area contributed by atoms with Crippen LogP contribution < -0.4 is 19.1 Å². The summed E-state index contributed by atoms with van der Waals surface area (Å²) in [6, 6.07) is 12.8. The smallest absolute Gasteiger partial charge is 0.232 e. The largest absolute Gasteiger partial charge is 0.454 e. The van der Waals surface area contributed by atoms with Crippen LogP contribution in [-0.4, -0.2) is 33.9 Å². The molecule has 2 aromatic rings. The van der Waals surface area contributed by atoms with Crippen molar-refractivity contribution in [1.82, 2.24) is 5.32 Å². The Hall–Kier alpha value is -2.74. The SMILES string of the molecule is Cc1cccc(CNC(=O)CCN(c2ccc3c(c2)OCO3)S(C)(=O)=O)c1. The van der Waals surface area contributed by atoms with Crippen molar-refractivity contribution in [2.45, 2.75) is 19.9 Å². The van der Waals surface area contributed by atoms with E-state index in [4.69, 9.17) is 9.47 Å². The number of amides is 1. The van der Waals surface area contributed by atoms with Crippen molar-refractivity contribution in [3.63, 3.8) is 0 Å². The number of nitrogens with zero attached hydrogens (tertiary/aromatic N) is 1. The fourth-order valence-electron chi connectivity index (χ4n) is 2.84. The molecular formula is C19H22N2O5S. The normalized spacial score (nSPS) is 12.7. The molecule has 0 spiro atoms. The monoisotopic (exact) mass is 390 g/mol. The van der Waals surface area contributed by atoms with Crippen LogP contribution in [0.3, 0.4) is 0 Å². The number of anilines is 1. The van der Waals surface area contributed by atoms with E-state index in [1.165, 1.54) is 4.31 Å². The van der Waals surface area contributed by atoms with Crippen LogP contribution in [0.2, 0.25) is 0 Å². The van der Waals surface area contributed by atoms with Gasteiger partial charge >= 0.3 is 0 Å². The second kappa shape index (κ2) is 7.87. The first-order valence-corrected chi connectivity index (χ1v) is 10.4. The van der Waals surface area contributed by atoms with Crippen molar-refractivity contribution in [2.24, 2.45) is 0 Å². The molecule has 0 unspecified atom stereocenters. The lowest BCUT2D eigenvalue weighted by molar-refractivity contribution is -0.121. The minimum Gasteiger partial charge on any atom is -0.454 e. The molecule has 0 radical (unpaired) electrons. The maximum absolute atomic E-state index is 12.2. The average Bonchev–Trinajstić information content (AvgIpc) is 3.07. The van der Waals surface area contributed by atoms with E-state index < -0.39 is 10.0 Å². The number of fused-ring (bicyclic) bond motifs is 1. The highest BCUT2D eigenvalue weighted by Gasteiger charge is 2.22. The van der Waals surface area contributed by atoms with E-state index in [1.54, 1.807) is 18.2 Å². The Bertz CT molecular complexity index is 943. The van der Waals surface area contributed by atoms with Crippen LogP contribution in [0.4, 0.5) is 5.69 Å². The lowest BCUT2D eigenvalue weighted by atomic mass is 10.1. The summed E-state index contributed by atoms with van der Waals surface area (Å²) in [6.45, 7) is 2.54. The summed E-state index contributed by atoms with van der Waals surface area (Å²) in [6.07, 6.45) is 1.16. The highest BCUT2D eigenvalue weighted by molar-refractivity contribution is 7.92. The summed E-state index contributed by atoms with van der Waals surface area (Å²) < 4.78 is 36.1. The molecule has 144 valence electrons. The van der Waals surface area contributed by atoms with Crippen LogP contribution in [0.25, 0.3) is 0 Å². The molecule has 0 atom stereocenters. The summed E-state index contributed by atoms with van der Waals surface area (Å²) in [5.74, 6) is 0.846. The summed E-state index contributed by atoms with van der Waals surface area (Å²) in [4.78, 5) is 12.2. The van der Waals surface area contributed by atoms with Crippen molar-refractivity contribution >= 4 is 21.6 Å². The van der Waals surface area contributed by atoms with Gasteiger partial charge in [0.25, 0.3) is 0 Å². The number of hydrogen-bond donors (Lipinski definition) is 1. The minimum atomic E-state index is -3.55. The molecule has 8 heteroatoms. The maximum Gasteiger partial charge on any atom is 0.232 e. The number of carbonyl (C=O) groups is 1. The molecule has 0 aromatic heterocycles. The molecular weight excluding hydrogens is 368 g/mol. The van der Waals surface area contributed by atoms with Crippen LogP contribution in [-0.2, 0) is 21.4 Å². The Morgan fingerprint density at radius 2 is 1.93 bits per heavy atom. The number of ether oxygens (including phenoxy) is 2. The van der Waals surface area contributed by atoms with Gasteiger partial charge < -0.3 is 14.8 Å². The van der Waals surface area contributed by atoms with Crippen LogP contribution in [0.15, 0.2) is 42.5 Å². The van der Waals surface area contributed by atoms with E-state index in [-0.39, 0.29) is 25.7 Å². The number of aryl methyl sites for hydroxylation is 1. The molecule has 1 aliphatic rings. The van der Waals surface area contributed by atoms with Gasteiger partial charge in [0.1, 0.15) is 0 Å². The Kier molecular flexibility index (Phi) is 5.55. The third-order valence-corrected chi connectivity index (χ3v) is 5.35. The van der Waals surface area contributed by atoms with Crippen molar-refractivity contribution in [3.05, 3.63) is 53.6 Å². The zero-order valence-electron chi connectivity index (χ0n) is 15.3. The maximum atomic E-state index is 12.2. The highest BCUT2D eigenvalue weighted by atomic mass is 32.2. The first-order chi connectivity index (χ1) is 12.8. The van der Waals surface area contributed by atoms with Gasteiger partial charge in [-0.2, -0.15) is 0 Å². The Morgan fingerprint density at radius 3 is 2.67 bits per heavy atom. The van der Waals surface area contributed by atoms with Crippen LogP contribution in [0.5, 0.6) is 11.5 Å². The first-order valence-electron chi connectivity index (χ1n) is 8.52. The Balaban J connectivity index is 1.63. The Morgan fingerprint density at radius 1 is 1.15 bits per heavy atom. The van der Waals surface area contributed by atoms with E-state index in [0.717, 1.165) is 17.4 Å². The van der Waals surface area contributed by atoms with E-state index >= 15 is 0 Å². The molecule has 0 saturated carbocycles. The van der Waals surface area contributed by atoms with Gasteiger partial charge in [0.2, 0.25) is 22.7 Å². The molecule has 1 aliphatic heterocycles. The second-order valence-electron chi connectivity index (χ2n) is 6.39. The molecule has 0 fully saturated rings. The minimum absolute atomic E-state index is 0.0398. The number of hydrogen-bond acceptors (Lipinski definition) is 5. The van der Waals surface area contributed by atoms with Gasteiger partial charge in [-0.15, -0.1) is 0 Å². The summed E-state index contributed by atoms with van der Waals surface area (Å²) in [7, 11) is -3.55. The van der Waals surface area contributed by atoms with Gasteiger partial charge in [0.15, 0.2) is 11.5 Å². The summed E-state index contributed by atoms with van der Waals surface area (Å²) >= 11 is 0. The van der Waals surface area contributed by atoms with Crippen LogP contribution in [0.1, 0.15) is 17.5 Å². The van der Waals surface area contributed by atoms with Gasteiger partial charge in [0.05, 0.1) is 11.9 Å². The average molecular weight is 390 g/mol. The predicted octanol–water partition coefficient (Wildman–Crippen LogP) is 2.20. The molecule has 1 heterocycles. The number of carbonyl (C=O) groups excluding carboxylic acids is 1. The second-order valence-corrected chi connectivity index (χ2v) is 8.30. The zero-order chi connectivity index (χ0) is 19.4. The molecule has 7 nitrogen and oxygen atoms in total. The fourth-order valence-corrected chi connectivity index (χ4v) is 3.76.